The quantitative estimate of drug-likeness (QED) is 0.772. The van der Waals surface area contributed by atoms with E-state index in [2.05, 4.69) is 10.6 Å². The molecule has 2 saturated heterocycles. The van der Waals surface area contributed by atoms with Gasteiger partial charge in [0, 0.05) is 18.2 Å². The van der Waals surface area contributed by atoms with Crippen LogP contribution >= 0.6 is 0 Å². The number of likely N-dealkylation sites (tertiary alicyclic amines) is 1. The molecule has 27 heavy (non-hydrogen) atoms. The zero-order valence-corrected chi connectivity index (χ0v) is 15.8. The van der Waals surface area contributed by atoms with Gasteiger partial charge in [0.15, 0.2) is 0 Å². The molecule has 2 fully saturated rings. The third-order valence-electron chi connectivity index (χ3n) is 5.74. The van der Waals surface area contributed by atoms with Crippen molar-refractivity contribution in [3.05, 3.63) is 29.8 Å². The Kier molecular flexibility index (Phi) is 5.79. The number of benzene rings is 1. The molecule has 2 aliphatic heterocycles. The summed E-state index contributed by atoms with van der Waals surface area (Å²) < 4.78 is 29.4. The summed E-state index contributed by atoms with van der Waals surface area (Å²) in [5.74, 6) is -4.17. The van der Waals surface area contributed by atoms with E-state index < -0.39 is 17.9 Å². The van der Waals surface area contributed by atoms with Gasteiger partial charge >= 0.3 is 0 Å². The molecule has 3 unspecified atom stereocenters. The van der Waals surface area contributed by atoms with Crippen molar-refractivity contribution in [1.82, 2.24) is 10.2 Å². The molecule has 1 aromatic carbocycles. The lowest BCUT2D eigenvalue weighted by Crippen LogP contribution is -2.50. The topological polar surface area (TPSA) is 61.4 Å². The van der Waals surface area contributed by atoms with Gasteiger partial charge in [0.1, 0.15) is 6.04 Å². The molecule has 7 heteroatoms. The number of alkyl halides is 2. The number of hydrogen-bond donors (Lipinski definition) is 2. The molecule has 0 bridgehead atoms. The van der Waals surface area contributed by atoms with E-state index in [1.165, 1.54) is 0 Å². The van der Waals surface area contributed by atoms with Crippen LogP contribution in [0.3, 0.4) is 0 Å². The van der Waals surface area contributed by atoms with Crippen molar-refractivity contribution in [3.8, 4) is 0 Å². The zero-order chi connectivity index (χ0) is 19.6. The lowest BCUT2D eigenvalue weighted by atomic mass is 9.85. The summed E-state index contributed by atoms with van der Waals surface area (Å²) >= 11 is 0. The van der Waals surface area contributed by atoms with Crippen LogP contribution in [0.1, 0.15) is 51.0 Å². The number of amides is 2. The van der Waals surface area contributed by atoms with Crippen LogP contribution in [0.25, 0.3) is 0 Å². The summed E-state index contributed by atoms with van der Waals surface area (Å²) in [4.78, 5) is 24.9. The van der Waals surface area contributed by atoms with Crippen molar-refractivity contribution in [3.63, 3.8) is 0 Å². The molecule has 0 saturated carbocycles. The second-order valence-electron chi connectivity index (χ2n) is 7.60. The number of anilines is 1. The first kappa shape index (κ1) is 19.7. The minimum absolute atomic E-state index is 0.164. The highest BCUT2D eigenvalue weighted by molar-refractivity contribution is 6.01. The van der Waals surface area contributed by atoms with E-state index in [0.717, 1.165) is 6.42 Å². The average molecular weight is 379 g/mol. The first-order valence-corrected chi connectivity index (χ1v) is 9.62. The van der Waals surface area contributed by atoms with Crippen LogP contribution in [-0.4, -0.2) is 47.8 Å². The summed E-state index contributed by atoms with van der Waals surface area (Å²) in [6.07, 6.45) is 2.01. The van der Waals surface area contributed by atoms with Crippen molar-refractivity contribution in [2.24, 2.45) is 0 Å². The van der Waals surface area contributed by atoms with Gasteiger partial charge in [0.25, 0.3) is 5.92 Å². The number of rotatable bonds is 5. The second-order valence-corrected chi connectivity index (χ2v) is 7.60. The molecule has 5 nitrogen and oxygen atoms in total. The number of imide groups is 1. The molecule has 0 aliphatic carbocycles. The van der Waals surface area contributed by atoms with Gasteiger partial charge < -0.3 is 5.32 Å². The van der Waals surface area contributed by atoms with E-state index >= 15 is 0 Å². The van der Waals surface area contributed by atoms with Gasteiger partial charge in [-0.05, 0) is 50.4 Å². The maximum absolute atomic E-state index is 14.7. The molecule has 148 valence electrons. The lowest BCUT2D eigenvalue weighted by molar-refractivity contribution is -0.133. The summed E-state index contributed by atoms with van der Waals surface area (Å²) in [7, 11) is 0. The zero-order valence-electron chi connectivity index (χ0n) is 15.8. The van der Waals surface area contributed by atoms with Crippen molar-refractivity contribution >= 4 is 17.5 Å². The van der Waals surface area contributed by atoms with Crippen molar-refractivity contribution in [1.29, 1.82) is 0 Å². The Morgan fingerprint density at radius 1 is 1.26 bits per heavy atom. The highest BCUT2D eigenvalue weighted by Gasteiger charge is 2.45. The minimum atomic E-state index is -2.76. The van der Waals surface area contributed by atoms with Crippen molar-refractivity contribution in [2.75, 3.05) is 18.4 Å². The average Bonchev–Trinajstić information content (AvgIpc) is 2.63. The molecule has 3 atom stereocenters. The molecule has 2 heterocycles. The standard InChI is InChI=1S/C20H27F2N3O2/c1-3-13(2)25-11-10-16(20(21,22)12-25)14-4-6-15(7-5-14)23-17-8-9-18(26)24-19(17)27/h4-7,13,16-17,23H,3,8-12H2,1-2H3,(H,24,26,27). The third-order valence-corrected chi connectivity index (χ3v) is 5.74. The number of carbonyl (C=O) groups is 2. The predicted molar refractivity (Wildman–Crippen MR) is 99.9 cm³/mol. The van der Waals surface area contributed by atoms with Crippen LogP contribution in [0.4, 0.5) is 14.5 Å². The van der Waals surface area contributed by atoms with Crippen molar-refractivity contribution < 1.29 is 18.4 Å². The first-order valence-electron chi connectivity index (χ1n) is 9.62. The summed E-state index contributed by atoms with van der Waals surface area (Å²) in [5, 5.41) is 5.37. The van der Waals surface area contributed by atoms with Crippen LogP contribution in [0.5, 0.6) is 0 Å². The van der Waals surface area contributed by atoms with E-state index in [0.29, 0.717) is 37.1 Å². The highest BCUT2D eigenvalue weighted by atomic mass is 19.3. The van der Waals surface area contributed by atoms with Gasteiger partial charge in [-0.1, -0.05) is 19.1 Å². The number of nitrogens with one attached hydrogen (secondary N) is 2. The molecular formula is C20H27F2N3O2. The predicted octanol–water partition coefficient (Wildman–Crippen LogP) is 3.13. The summed E-state index contributed by atoms with van der Waals surface area (Å²) in [5.41, 5.74) is 1.31. The van der Waals surface area contributed by atoms with E-state index in [9.17, 15) is 18.4 Å². The Labute approximate surface area is 158 Å². The Hall–Kier alpha value is -2.02. The summed E-state index contributed by atoms with van der Waals surface area (Å²) in [6, 6.07) is 6.58. The number of halogens is 2. The monoisotopic (exact) mass is 379 g/mol. The Bertz CT molecular complexity index is 693. The van der Waals surface area contributed by atoms with Crippen LogP contribution in [0.15, 0.2) is 24.3 Å². The van der Waals surface area contributed by atoms with Gasteiger partial charge in [-0.15, -0.1) is 0 Å². The van der Waals surface area contributed by atoms with Gasteiger partial charge in [-0.25, -0.2) is 8.78 Å². The third kappa shape index (κ3) is 4.46. The largest absolute Gasteiger partial charge is 0.374 e. The second kappa shape index (κ2) is 7.92. The number of carbonyl (C=O) groups excluding carboxylic acids is 2. The Morgan fingerprint density at radius 3 is 2.56 bits per heavy atom. The fourth-order valence-electron chi connectivity index (χ4n) is 3.86. The normalized spacial score (nSPS) is 27.1. The van der Waals surface area contributed by atoms with E-state index in [4.69, 9.17) is 0 Å². The van der Waals surface area contributed by atoms with Crippen LogP contribution in [0.2, 0.25) is 0 Å². The maximum Gasteiger partial charge on any atom is 0.267 e. The molecule has 2 aliphatic rings. The molecular weight excluding hydrogens is 352 g/mol. The first-order chi connectivity index (χ1) is 12.8. The Morgan fingerprint density at radius 2 is 1.96 bits per heavy atom. The SMILES string of the molecule is CCC(C)N1CCC(c2ccc(NC3CCC(=O)NC3=O)cc2)C(F)(F)C1. The highest BCUT2D eigenvalue weighted by Crippen LogP contribution is 2.41. The minimum Gasteiger partial charge on any atom is -0.374 e. The molecule has 0 radical (unpaired) electrons. The maximum atomic E-state index is 14.7. The van der Waals surface area contributed by atoms with Crippen LogP contribution < -0.4 is 10.6 Å². The number of hydrogen-bond acceptors (Lipinski definition) is 4. The van der Waals surface area contributed by atoms with Gasteiger partial charge in [-0.2, -0.15) is 0 Å². The van der Waals surface area contributed by atoms with Crippen molar-refractivity contribution in [2.45, 2.75) is 63.5 Å². The molecule has 2 N–H and O–H groups in total. The van der Waals surface area contributed by atoms with Gasteiger partial charge in [0.05, 0.1) is 12.5 Å². The van der Waals surface area contributed by atoms with Crippen LogP contribution in [-0.2, 0) is 9.59 Å². The number of piperidine rings is 2. The van der Waals surface area contributed by atoms with Gasteiger partial charge in [-0.3, -0.25) is 19.8 Å². The molecule has 1 aromatic rings. The molecule has 2 amide bonds. The molecule has 3 rings (SSSR count). The Balaban J connectivity index is 1.65. The van der Waals surface area contributed by atoms with E-state index in [-0.39, 0.29) is 24.4 Å². The van der Waals surface area contributed by atoms with E-state index in [1.807, 2.05) is 18.7 Å². The lowest BCUT2D eigenvalue weighted by Gasteiger charge is -2.41. The van der Waals surface area contributed by atoms with Gasteiger partial charge in [0.2, 0.25) is 11.8 Å². The molecule has 0 aromatic heterocycles. The number of nitrogens with zero attached hydrogens (tertiary/aromatic N) is 1. The smallest absolute Gasteiger partial charge is 0.267 e. The molecule has 0 spiro atoms. The summed E-state index contributed by atoms with van der Waals surface area (Å²) in [6.45, 7) is 4.48. The van der Waals surface area contributed by atoms with Crippen LogP contribution in [0, 0.1) is 0 Å². The fraction of sp³-hybridized carbons (Fsp3) is 0.600. The fourth-order valence-corrected chi connectivity index (χ4v) is 3.86. The van der Waals surface area contributed by atoms with E-state index in [1.54, 1.807) is 24.3 Å².